The summed E-state index contributed by atoms with van der Waals surface area (Å²) >= 11 is 0. The molecule has 0 aliphatic carbocycles. The average molecular weight is 923 g/mol. The fourth-order valence-corrected chi connectivity index (χ4v) is 7.80. The van der Waals surface area contributed by atoms with Crippen LogP contribution in [0.15, 0.2) is 85.1 Å². The van der Waals surface area contributed by atoms with Crippen LogP contribution in [0.2, 0.25) is 0 Å². The number of aliphatic hydroxyl groups is 10. The summed E-state index contributed by atoms with van der Waals surface area (Å²) in [6.07, 6.45) is 6.19. The van der Waals surface area contributed by atoms with E-state index in [1.54, 1.807) is 68.5 Å². The Morgan fingerprint density at radius 2 is 1.32 bits per heavy atom. The number of rotatable bonds is 4. The van der Waals surface area contributed by atoms with E-state index < -0.39 is 135 Å². The number of cyclic esters (lactones) is 1. The maximum atomic E-state index is 13.3. The molecule has 65 heavy (non-hydrogen) atoms. The number of ether oxygens (including phenoxy) is 4. The molecule has 3 aliphatic heterocycles. The van der Waals surface area contributed by atoms with E-state index in [9.17, 15) is 60.7 Å². The molecule has 2 bridgehead atoms. The van der Waals surface area contributed by atoms with E-state index in [0.29, 0.717) is 0 Å². The normalized spacial score (nSPS) is 43.1. The molecule has 2 fully saturated rings. The number of allylic oxidation sites excluding steroid dienone is 12. The summed E-state index contributed by atoms with van der Waals surface area (Å²) in [5.41, 5.74) is 5.98. The molecule has 17 atom stereocenters. The van der Waals surface area contributed by atoms with Gasteiger partial charge in [0, 0.05) is 44.6 Å². The van der Waals surface area contributed by atoms with Crippen LogP contribution < -0.4 is 11.1 Å². The first-order chi connectivity index (χ1) is 30.8. The quantitative estimate of drug-likeness (QED) is 0.167. The van der Waals surface area contributed by atoms with Gasteiger partial charge in [0.05, 0.1) is 86.0 Å². The Morgan fingerprint density at radius 1 is 0.723 bits per heavy atom. The van der Waals surface area contributed by atoms with Crippen molar-refractivity contribution in [2.24, 2.45) is 17.6 Å². The number of esters is 1. The van der Waals surface area contributed by atoms with Crippen molar-refractivity contribution in [2.45, 2.75) is 170 Å². The number of aliphatic hydroxyl groups excluding tert-OH is 9. The SMILES string of the molecule is CCNC(=O)C1[C@@H]2CC(O[C@@H]3OC[C@@H](O)[C@H](N)[C@@H]3O)/C=C/C=C/C=C/C=C/C=C/C=C/C=C/[C@H](C)[C@@H](O)C[C@H](C)OC(=O)CC(O)CC(O)CCC(O)C(O)CC(O)CC(O)(C[C@@H]1O)O2. The van der Waals surface area contributed by atoms with Crippen LogP contribution in [0.25, 0.3) is 0 Å². The van der Waals surface area contributed by atoms with Gasteiger partial charge in [-0.3, -0.25) is 9.59 Å². The molecule has 8 unspecified atom stereocenters. The van der Waals surface area contributed by atoms with Crippen LogP contribution in [0.1, 0.15) is 78.6 Å². The highest BCUT2D eigenvalue weighted by atomic mass is 16.7. The van der Waals surface area contributed by atoms with Crippen molar-refractivity contribution in [1.29, 1.82) is 0 Å². The summed E-state index contributed by atoms with van der Waals surface area (Å²) in [5, 5.41) is 111. The van der Waals surface area contributed by atoms with Gasteiger partial charge in [0.2, 0.25) is 5.91 Å². The summed E-state index contributed by atoms with van der Waals surface area (Å²) in [4.78, 5) is 25.8. The van der Waals surface area contributed by atoms with Crippen LogP contribution in [0.5, 0.6) is 0 Å². The first-order valence-electron chi connectivity index (χ1n) is 22.5. The number of nitrogens with two attached hydrogens (primary N) is 1. The zero-order chi connectivity index (χ0) is 48.1. The van der Waals surface area contributed by atoms with Gasteiger partial charge in [-0.1, -0.05) is 92.0 Å². The van der Waals surface area contributed by atoms with Crippen molar-refractivity contribution in [3.63, 3.8) is 0 Å². The van der Waals surface area contributed by atoms with Gasteiger partial charge in [0.25, 0.3) is 0 Å². The van der Waals surface area contributed by atoms with E-state index in [4.69, 9.17) is 24.7 Å². The van der Waals surface area contributed by atoms with Crippen molar-refractivity contribution in [1.82, 2.24) is 5.32 Å². The van der Waals surface area contributed by atoms with Gasteiger partial charge in [0.1, 0.15) is 12.2 Å². The van der Waals surface area contributed by atoms with Crippen LogP contribution in [-0.4, -0.2) is 167 Å². The van der Waals surface area contributed by atoms with E-state index in [0.717, 1.165) is 0 Å². The molecule has 3 rings (SSSR count). The van der Waals surface area contributed by atoms with Crippen molar-refractivity contribution in [3.05, 3.63) is 85.1 Å². The third-order valence-corrected chi connectivity index (χ3v) is 11.4. The maximum absolute atomic E-state index is 13.3. The summed E-state index contributed by atoms with van der Waals surface area (Å²) in [7, 11) is 0. The predicted octanol–water partition coefficient (Wildman–Crippen LogP) is 0.129. The molecule has 0 spiro atoms. The van der Waals surface area contributed by atoms with Crippen LogP contribution in [0, 0.1) is 11.8 Å². The molecular weight excluding hydrogens is 849 g/mol. The lowest BCUT2D eigenvalue weighted by molar-refractivity contribution is -0.304. The molecule has 0 saturated carbocycles. The van der Waals surface area contributed by atoms with E-state index >= 15 is 0 Å². The molecule has 0 radical (unpaired) electrons. The Hall–Kier alpha value is -3.44. The largest absolute Gasteiger partial charge is 0.462 e. The van der Waals surface area contributed by atoms with Crippen molar-refractivity contribution in [2.75, 3.05) is 13.2 Å². The van der Waals surface area contributed by atoms with Gasteiger partial charge >= 0.3 is 5.97 Å². The van der Waals surface area contributed by atoms with Crippen molar-refractivity contribution >= 4 is 11.9 Å². The van der Waals surface area contributed by atoms with Crippen molar-refractivity contribution in [3.8, 4) is 0 Å². The molecule has 3 aliphatic rings. The van der Waals surface area contributed by atoms with E-state index in [1.807, 2.05) is 37.3 Å². The van der Waals surface area contributed by atoms with Crippen LogP contribution in [0.4, 0.5) is 0 Å². The molecular formula is C47H74N2O16. The molecule has 2 saturated heterocycles. The van der Waals surface area contributed by atoms with Crippen LogP contribution >= 0.6 is 0 Å². The van der Waals surface area contributed by atoms with E-state index in [1.165, 1.54) is 0 Å². The Morgan fingerprint density at radius 3 is 1.94 bits per heavy atom. The predicted molar refractivity (Wildman–Crippen MR) is 239 cm³/mol. The molecule has 3 heterocycles. The van der Waals surface area contributed by atoms with E-state index in [2.05, 4.69) is 5.32 Å². The number of nitrogens with one attached hydrogen (secondary N) is 1. The minimum Gasteiger partial charge on any atom is -0.462 e. The standard InChI is InChI=1S/C47H74N2O16/c1-4-49-45(60)42-38(56)27-47(61)26-33(52)23-37(55)35(53)20-19-31(50)22-32(51)24-41(58)63-30(3)21-36(54)29(2)17-15-13-11-9-7-5-6-8-10-12-14-16-18-34(25-40(42)65-47)64-46-44(59)43(48)39(57)28-62-46/h5-18,29-40,42-44,46,50-57,59,61H,4,19-28,48H2,1-3H3,(H,49,60)/b6-5+,9-7+,10-8+,13-11+,14-12+,17-15+,18-16+/t29-,30-,31?,32?,33?,34?,35?,36-,37?,38-,39+,40-,42?,43-,44-,46-,47?/m0/s1. The molecule has 13 N–H and O–H groups in total. The molecule has 0 aromatic heterocycles. The monoisotopic (exact) mass is 923 g/mol. The second-order valence-corrected chi connectivity index (χ2v) is 17.3. The summed E-state index contributed by atoms with van der Waals surface area (Å²) in [6.45, 7) is 5.13. The number of hydrogen-bond donors (Lipinski definition) is 12. The zero-order valence-corrected chi connectivity index (χ0v) is 37.6. The summed E-state index contributed by atoms with van der Waals surface area (Å²) < 4.78 is 23.2. The number of carbonyl (C=O) groups excluding carboxylic acids is 2. The van der Waals surface area contributed by atoms with Gasteiger partial charge in [-0.15, -0.1) is 0 Å². The fourth-order valence-electron chi connectivity index (χ4n) is 7.80. The minimum atomic E-state index is -2.24. The lowest BCUT2D eigenvalue weighted by atomic mass is 9.82. The van der Waals surface area contributed by atoms with Gasteiger partial charge in [-0.25, -0.2) is 0 Å². The Bertz CT molecular complexity index is 1640. The van der Waals surface area contributed by atoms with Crippen LogP contribution in [0.3, 0.4) is 0 Å². The molecule has 0 aromatic carbocycles. The van der Waals surface area contributed by atoms with Gasteiger partial charge in [-0.05, 0) is 33.1 Å². The molecule has 18 heteroatoms. The zero-order valence-electron chi connectivity index (χ0n) is 37.6. The Kier molecular flexibility index (Phi) is 24.7. The maximum Gasteiger partial charge on any atom is 0.308 e. The number of hydrogen-bond acceptors (Lipinski definition) is 17. The Labute approximate surface area is 381 Å². The molecule has 18 nitrogen and oxygen atoms in total. The molecule has 368 valence electrons. The highest BCUT2D eigenvalue weighted by molar-refractivity contribution is 5.80. The number of amides is 1. The van der Waals surface area contributed by atoms with Gasteiger partial charge < -0.3 is 81.1 Å². The van der Waals surface area contributed by atoms with Gasteiger partial charge in [-0.2, -0.15) is 0 Å². The highest BCUT2D eigenvalue weighted by Crippen LogP contribution is 2.38. The fraction of sp³-hybridized carbons (Fsp3) is 0.660. The Balaban J connectivity index is 1.87. The topological polar surface area (TPSA) is 311 Å². The first-order valence-corrected chi connectivity index (χ1v) is 22.5. The second-order valence-electron chi connectivity index (χ2n) is 17.3. The first kappa shape index (κ1) is 55.9. The summed E-state index contributed by atoms with van der Waals surface area (Å²) in [5.74, 6) is -5.01. The second kappa shape index (κ2) is 28.7. The number of fused-ring (bicyclic) bond motifs is 2. The smallest absolute Gasteiger partial charge is 0.308 e. The third-order valence-electron chi connectivity index (χ3n) is 11.4. The molecule has 0 aromatic rings. The highest BCUT2D eigenvalue weighted by Gasteiger charge is 2.50. The molecule has 1 amide bonds. The average Bonchev–Trinajstić information content (AvgIpc) is 3.21. The lowest BCUT2D eigenvalue weighted by Crippen LogP contribution is -2.59. The summed E-state index contributed by atoms with van der Waals surface area (Å²) in [6, 6.07) is -1.10. The number of carbonyl (C=O) groups is 2. The lowest BCUT2D eigenvalue weighted by Gasteiger charge is -2.45. The van der Waals surface area contributed by atoms with Crippen molar-refractivity contribution < 1.29 is 79.6 Å². The van der Waals surface area contributed by atoms with Gasteiger partial charge in [0.15, 0.2) is 12.1 Å². The minimum absolute atomic E-state index is 0.0846. The van der Waals surface area contributed by atoms with Crippen LogP contribution in [-0.2, 0) is 28.5 Å². The van der Waals surface area contributed by atoms with E-state index in [-0.39, 0.29) is 51.2 Å². The third kappa shape index (κ3) is 20.1.